The van der Waals surface area contributed by atoms with E-state index in [4.69, 9.17) is 4.74 Å². The molecule has 0 rings (SSSR count). The Balaban J connectivity index is 3.69. The molecule has 0 fully saturated rings. The predicted molar refractivity (Wildman–Crippen MR) is 42.6 cm³/mol. The van der Waals surface area contributed by atoms with E-state index in [1.165, 1.54) is 20.5 Å². The highest BCUT2D eigenvalue weighted by Gasteiger charge is 2.19. The van der Waals surface area contributed by atoms with Crippen molar-refractivity contribution in [3.8, 4) is 0 Å². The van der Waals surface area contributed by atoms with Crippen LogP contribution in [0, 0.1) is 0 Å². The van der Waals surface area contributed by atoms with Crippen LogP contribution in [0.3, 0.4) is 0 Å². The smallest absolute Gasteiger partial charge is 0.333 e. The summed E-state index contributed by atoms with van der Waals surface area (Å²) in [5, 5.41) is 0. The van der Waals surface area contributed by atoms with Crippen LogP contribution in [0.1, 0.15) is 0 Å². The fourth-order valence-electron chi connectivity index (χ4n) is 0.505. The lowest BCUT2D eigenvalue weighted by Gasteiger charge is -2.12. The van der Waals surface area contributed by atoms with Gasteiger partial charge in [-0.25, -0.2) is 0 Å². The third kappa shape index (κ3) is 4.19. The Kier molecular flexibility index (Phi) is 5.20. The first kappa shape index (κ1) is 10.7. The van der Waals surface area contributed by atoms with E-state index in [-0.39, 0.29) is 6.16 Å². The Hall–Kier alpha value is -0.310. The fourth-order valence-corrected chi connectivity index (χ4v) is 1.35. The zero-order valence-corrected chi connectivity index (χ0v) is 7.67. The summed E-state index contributed by atoms with van der Waals surface area (Å²) < 4.78 is 25.3. The van der Waals surface area contributed by atoms with Crippen molar-refractivity contribution in [1.29, 1.82) is 0 Å². The van der Waals surface area contributed by atoms with Crippen LogP contribution in [0.5, 0.6) is 0 Å². The lowest BCUT2D eigenvalue weighted by molar-refractivity contribution is 0.239. The molecule has 0 N–H and O–H groups in total. The summed E-state index contributed by atoms with van der Waals surface area (Å²) in [4.78, 5) is 0. The maximum Gasteiger partial charge on any atom is 0.333 e. The molecule has 0 saturated carbocycles. The summed E-state index contributed by atoms with van der Waals surface area (Å²) in [6.07, 6.45) is 1.53. The Morgan fingerprint density at radius 1 is 1.45 bits per heavy atom. The van der Waals surface area contributed by atoms with Crippen LogP contribution in [0.15, 0.2) is 12.8 Å². The molecule has 0 aromatic heterocycles. The minimum atomic E-state index is -2.88. The second-order valence-electron chi connectivity index (χ2n) is 1.74. The Labute approximate surface area is 66.7 Å². The highest BCUT2D eigenvalue weighted by atomic mass is 31.2. The van der Waals surface area contributed by atoms with Gasteiger partial charge in [-0.15, -0.1) is 0 Å². The van der Waals surface area contributed by atoms with Crippen molar-refractivity contribution in [2.45, 2.75) is 0 Å². The first-order valence-electron chi connectivity index (χ1n) is 3.11. The van der Waals surface area contributed by atoms with E-state index >= 15 is 0 Å². The van der Waals surface area contributed by atoms with E-state index in [1.807, 2.05) is 0 Å². The normalized spacial score (nSPS) is 11.1. The van der Waals surface area contributed by atoms with Gasteiger partial charge in [-0.1, -0.05) is 6.58 Å². The molecule has 11 heavy (non-hydrogen) atoms. The SMILES string of the molecule is C=COCCP(=O)(OC)OC. The van der Waals surface area contributed by atoms with Gasteiger partial charge >= 0.3 is 7.60 Å². The molecular weight excluding hydrogens is 167 g/mol. The third-order valence-corrected chi connectivity index (χ3v) is 3.00. The van der Waals surface area contributed by atoms with Gasteiger partial charge in [0.05, 0.1) is 19.0 Å². The molecule has 0 aliphatic heterocycles. The molecule has 0 unspecified atom stereocenters. The van der Waals surface area contributed by atoms with Gasteiger partial charge in [0.1, 0.15) is 0 Å². The number of ether oxygens (including phenoxy) is 1. The molecule has 0 aromatic carbocycles. The minimum Gasteiger partial charge on any atom is -0.501 e. The van der Waals surface area contributed by atoms with Crippen LogP contribution in [-0.4, -0.2) is 27.0 Å². The first-order chi connectivity index (χ1) is 5.18. The van der Waals surface area contributed by atoms with E-state index in [0.717, 1.165) is 0 Å². The van der Waals surface area contributed by atoms with Gasteiger partial charge in [-0.05, 0) is 0 Å². The number of rotatable bonds is 6. The molecule has 0 aliphatic rings. The summed E-state index contributed by atoms with van der Waals surface area (Å²) in [7, 11) is -0.193. The Bertz CT molecular complexity index is 149. The molecule has 0 radical (unpaired) electrons. The Morgan fingerprint density at radius 2 is 2.00 bits per heavy atom. The molecule has 0 atom stereocenters. The molecule has 0 saturated heterocycles. The van der Waals surface area contributed by atoms with Gasteiger partial charge in [-0.2, -0.15) is 0 Å². The highest BCUT2D eigenvalue weighted by Crippen LogP contribution is 2.45. The summed E-state index contributed by atoms with van der Waals surface area (Å²) in [6, 6.07) is 0. The summed E-state index contributed by atoms with van der Waals surface area (Å²) in [5.41, 5.74) is 0. The van der Waals surface area contributed by atoms with Gasteiger partial charge in [0, 0.05) is 14.2 Å². The van der Waals surface area contributed by atoms with Crippen LogP contribution in [-0.2, 0) is 18.3 Å². The van der Waals surface area contributed by atoms with E-state index in [0.29, 0.717) is 6.61 Å². The zero-order chi connectivity index (χ0) is 8.74. The van der Waals surface area contributed by atoms with Crippen molar-refractivity contribution in [1.82, 2.24) is 0 Å². The zero-order valence-electron chi connectivity index (χ0n) is 6.78. The standard InChI is InChI=1S/C6H13O4P/c1-4-10-5-6-11(7,8-2)9-3/h4H,1,5-6H2,2-3H3. The molecule has 0 spiro atoms. The minimum absolute atomic E-state index is 0.242. The van der Waals surface area contributed by atoms with Crippen LogP contribution in [0.25, 0.3) is 0 Å². The molecule has 0 amide bonds. The molecule has 0 aromatic rings. The van der Waals surface area contributed by atoms with E-state index in [9.17, 15) is 4.57 Å². The summed E-state index contributed by atoms with van der Waals surface area (Å²) in [6.45, 7) is 3.63. The maximum atomic E-state index is 11.3. The molecule has 0 bridgehead atoms. The second-order valence-corrected chi connectivity index (χ2v) is 4.14. The van der Waals surface area contributed by atoms with Gasteiger partial charge < -0.3 is 13.8 Å². The monoisotopic (exact) mass is 180 g/mol. The number of hydrogen-bond donors (Lipinski definition) is 0. The quantitative estimate of drug-likeness (QED) is 0.354. The van der Waals surface area contributed by atoms with Crippen molar-refractivity contribution >= 4 is 7.60 Å². The van der Waals surface area contributed by atoms with Gasteiger partial charge in [0.25, 0.3) is 0 Å². The average Bonchev–Trinajstić information content (AvgIpc) is 2.05. The lowest BCUT2D eigenvalue weighted by Crippen LogP contribution is -2.00. The molecule has 0 heterocycles. The average molecular weight is 180 g/mol. The van der Waals surface area contributed by atoms with Crippen LogP contribution < -0.4 is 0 Å². The Morgan fingerprint density at radius 3 is 2.36 bits per heavy atom. The van der Waals surface area contributed by atoms with Crippen molar-refractivity contribution in [3.63, 3.8) is 0 Å². The largest absolute Gasteiger partial charge is 0.501 e. The molecule has 66 valence electrons. The first-order valence-corrected chi connectivity index (χ1v) is 4.84. The van der Waals surface area contributed by atoms with Gasteiger partial charge in [0.2, 0.25) is 0 Å². The third-order valence-electron chi connectivity index (χ3n) is 1.16. The molecule has 4 nitrogen and oxygen atoms in total. The van der Waals surface area contributed by atoms with Gasteiger partial charge in [-0.3, -0.25) is 4.57 Å². The number of hydrogen-bond acceptors (Lipinski definition) is 4. The van der Waals surface area contributed by atoms with Crippen LogP contribution in [0.2, 0.25) is 0 Å². The summed E-state index contributed by atoms with van der Waals surface area (Å²) in [5.74, 6) is 0. The maximum absolute atomic E-state index is 11.3. The fraction of sp³-hybridized carbons (Fsp3) is 0.667. The van der Waals surface area contributed by atoms with E-state index in [1.54, 1.807) is 0 Å². The van der Waals surface area contributed by atoms with Crippen LogP contribution in [0.4, 0.5) is 0 Å². The molecule has 5 heteroatoms. The van der Waals surface area contributed by atoms with Crippen molar-refractivity contribution < 1.29 is 18.3 Å². The van der Waals surface area contributed by atoms with Crippen molar-refractivity contribution in [2.24, 2.45) is 0 Å². The van der Waals surface area contributed by atoms with E-state index in [2.05, 4.69) is 15.6 Å². The highest BCUT2D eigenvalue weighted by molar-refractivity contribution is 7.53. The molecular formula is C6H13O4P. The molecule has 0 aliphatic carbocycles. The second kappa shape index (κ2) is 5.35. The van der Waals surface area contributed by atoms with Crippen molar-refractivity contribution in [3.05, 3.63) is 12.8 Å². The summed E-state index contributed by atoms with van der Waals surface area (Å²) >= 11 is 0. The predicted octanol–water partition coefficient (Wildman–Crippen LogP) is 1.63. The van der Waals surface area contributed by atoms with E-state index < -0.39 is 7.60 Å². The topological polar surface area (TPSA) is 44.8 Å². The van der Waals surface area contributed by atoms with Crippen molar-refractivity contribution in [2.75, 3.05) is 27.0 Å². The lowest BCUT2D eigenvalue weighted by atomic mass is 10.8. The van der Waals surface area contributed by atoms with Crippen LogP contribution >= 0.6 is 7.60 Å². The van der Waals surface area contributed by atoms with Gasteiger partial charge in [0.15, 0.2) is 0 Å².